The van der Waals surface area contributed by atoms with E-state index in [2.05, 4.69) is 6.07 Å². The summed E-state index contributed by atoms with van der Waals surface area (Å²) in [5.74, 6) is 0.428. The molecule has 0 atom stereocenters. The first-order valence-electron chi connectivity index (χ1n) is 4.84. The van der Waals surface area contributed by atoms with Crippen molar-refractivity contribution in [1.29, 1.82) is 5.26 Å². The van der Waals surface area contributed by atoms with Crippen LogP contribution in [0.2, 0.25) is 0 Å². The van der Waals surface area contributed by atoms with Crippen LogP contribution >= 0.6 is 0 Å². The third-order valence-electron chi connectivity index (χ3n) is 2.54. The van der Waals surface area contributed by atoms with Crippen LogP contribution in [-0.4, -0.2) is 0 Å². The molecule has 0 saturated carbocycles. The highest BCUT2D eigenvalue weighted by atomic mass is 16.7. The first kappa shape index (κ1) is 8.81. The molecule has 3 rings (SSSR count). The van der Waals surface area contributed by atoms with Crippen molar-refractivity contribution in [1.82, 2.24) is 0 Å². The fraction of sp³-hybridized carbons (Fsp3) is 0. The van der Waals surface area contributed by atoms with Gasteiger partial charge < -0.3 is 9.47 Å². The van der Waals surface area contributed by atoms with Crippen LogP contribution in [0, 0.1) is 11.3 Å². The fourth-order valence-electron chi connectivity index (χ4n) is 1.85. The van der Waals surface area contributed by atoms with Crippen LogP contribution < -0.4 is 0 Å². The summed E-state index contributed by atoms with van der Waals surface area (Å²) in [5.41, 5.74) is 3.35. The lowest BCUT2D eigenvalue weighted by atomic mass is 10.1. The topological polar surface area (TPSA) is 42.2 Å². The van der Waals surface area contributed by atoms with E-state index in [4.69, 9.17) is 14.7 Å². The number of nitriles is 1. The van der Waals surface area contributed by atoms with Crippen LogP contribution in [0.1, 0.15) is 11.1 Å². The summed E-state index contributed by atoms with van der Waals surface area (Å²) >= 11 is 0. The first-order valence-corrected chi connectivity index (χ1v) is 4.84. The molecule has 0 radical (unpaired) electrons. The largest absolute Gasteiger partial charge is 0.430 e. The SMILES string of the molecule is N#CC1=CC(=C2OC=CO2)c2ccccc21. The Morgan fingerprint density at radius 1 is 1.00 bits per heavy atom. The van der Waals surface area contributed by atoms with Gasteiger partial charge >= 0.3 is 0 Å². The monoisotopic (exact) mass is 209 g/mol. The minimum atomic E-state index is 0.428. The fourth-order valence-corrected chi connectivity index (χ4v) is 1.85. The molecule has 0 saturated heterocycles. The lowest BCUT2D eigenvalue weighted by molar-refractivity contribution is 0.205. The Kier molecular flexibility index (Phi) is 1.81. The van der Waals surface area contributed by atoms with Crippen molar-refractivity contribution in [3.05, 3.63) is 59.9 Å². The molecule has 0 N–H and O–H groups in total. The average Bonchev–Trinajstić information content (AvgIpc) is 2.95. The highest BCUT2D eigenvalue weighted by Gasteiger charge is 2.23. The smallest absolute Gasteiger partial charge is 0.297 e. The number of ether oxygens (including phenoxy) is 2. The summed E-state index contributed by atoms with van der Waals surface area (Å²) in [7, 11) is 0. The molecule has 76 valence electrons. The minimum absolute atomic E-state index is 0.428. The third-order valence-corrected chi connectivity index (χ3v) is 2.54. The van der Waals surface area contributed by atoms with Crippen molar-refractivity contribution >= 4 is 11.1 Å². The summed E-state index contributed by atoms with van der Waals surface area (Å²) < 4.78 is 10.4. The van der Waals surface area contributed by atoms with E-state index >= 15 is 0 Å². The number of hydrogen-bond donors (Lipinski definition) is 0. The second-order valence-electron chi connectivity index (χ2n) is 3.42. The molecule has 1 aromatic carbocycles. The number of hydrogen-bond acceptors (Lipinski definition) is 3. The summed E-state index contributed by atoms with van der Waals surface area (Å²) in [6.45, 7) is 0. The lowest BCUT2D eigenvalue weighted by Crippen LogP contribution is -1.88. The predicted molar refractivity (Wildman–Crippen MR) is 58.3 cm³/mol. The molecular formula is C13H7NO2. The van der Waals surface area contributed by atoms with Gasteiger partial charge in [-0.25, -0.2) is 0 Å². The van der Waals surface area contributed by atoms with Crippen molar-refractivity contribution in [2.45, 2.75) is 0 Å². The Bertz CT molecular complexity index is 578. The molecule has 3 heteroatoms. The Morgan fingerprint density at radius 3 is 2.38 bits per heavy atom. The summed E-state index contributed by atoms with van der Waals surface area (Å²) in [6.07, 6.45) is 4.74. The number of allylic oxidation sites excluding steroid dienone is 3. The molecule has 0 spiro atoms. The summed E-state index contributed by atoms with van der Waals surface area (Å²) in [5, 5.41) is 9.04. The number of benzene rings is 1. The molecule has 0 aromatic heterocycles. The van der Waals surface area contributed by atoms with Crippen LogP contribution in [-0.2, 0) is 9.47 Å². The van der Waals surface area contributed by atoms with Crippen molar-refractivity contribution in [2.75, 3.05) is 0 Å². The van der Waals surface area contributed by atoms with Crippen molar-refractivity contribution in [3.63, 3.8) is 0 Å². The van der Waals surface area contributed by atoms with E-state index in [1.54, 1.807) is 6.08 Å². The molecule has 3 nitrogen and oxygen atoms in total. The number of rotatable bonds is 0. The molecule has 0 bridgehead atoms. The van der Waals surface area contributed by atoms with Gasteiger partial charge in [-0.15, -0.1) is 0 Å². The molecule has 1 aromatic rings. The van der Waals surface area contributed by atoms with Gasteiger partial charge in [-0.3, -0.25) is 0 Å². The van der Waals surface area contributed by atoms with Gasteiger partial charge in [-0.05, 0) is 11.6 Å². The average molecular weight is 209 g/mol. The van der Waals surface area contributed by atoms with Crippen molar-refractivity contribution in [3.8, 4) is 6.07 Å². The van der Waals surface area contributed by atoms with Gasteiger partial charge in [0.15, 0.2) is 0 Å². The maximum atomic E-state index is 9.04. The van der Waals surface area contributed by atoms with Crippen LogP contribution in [0.15, 0.2) is 48.8 Å². The Morgan fingerprint density at radius 2 is 1.69 bits per heavy atom. The van der Waals surface area contributed by atoms with E-state index in [9.17, 15) is 0 Å². The molecule has 1 heterocycles. The van der Waals surface area contributed by atoms with Crippen LogP contribution in [0.4, 0.5) is 0 Å². The van der Waals surface area contributed by atoms with Crippen molar-refractivity contribution in [2.24, 2.45) is 0 Å². The van der Waals surface area contributed by atoms with Crippen LogP contribution in [0.5, 0.6) is 0 Å². The first-order chi connectivity index (χ1) is 7.90. The van der Waals surface area contributed by atoms with E-state index in [0.29, 0.717) is 11.5 Å². The molecular weight excluding hydrogens is 202 g/mol. The minimum Gasteiger partial charge on any atom is -0.430 e. The van der Waals surface area contributed by atoms with Gasteiger partial charge in [-0.1, -0.05) is 24.3 Å². The maximum absolute atomic E-state index is 9.04. The van der Waals surface area contributed by atoms with E-state index in [-0.39, 0.29) is 0 Å². The predicted octanol–water partition coefficient (Wildman–Crippen LogP) is 2.79. The lowest BCUT2D eigenvalue weighted by Gasteiger charge is -2.03. The maximum Gasteiger partial charge on any atom is 0.297 e. The zero-order chi connectivity index (χ0) is 11.0. The van der Waals surface area contributed by atoms with Gasteiger partial charge in [0.05, 0.1) is 17.2 Å². The van der Waals surface area contributed by atoms with Gasteiger partial charge in [0.25, 0.3) is 5.95 Å². The highest BCUT2D eigenvalue weighted by molar-refractivity contribution is 6.00. The quantitative estimate of drug-likeness (QED) is 0.659. The second kappa shape index (κ2) is 3.28. The van der Waals surface area contributed by atoms with E-state index in [0.717, 1.165) is 16.7 Å². The zero-order valence-electron chi connectivity index (χ0n) is 8.31. The molecule has 0 fully saturated rings. The molecule has 16 heavy (non-hydrogen) atoms. The number of fused-ring (bicyclic) bond motifs is 1. The summed E-state index contributed by atoms with van der Waals surface area (Å²) in [4.78, 5) is 0. The van der Waals surface area contributed by atoms with Crippen LogP contribution in [0.3, 0.4) is 0 Å². The third kappa shape index (κ3) is 1.14. The highest BCUT2D eigenvalue weighted by Crippen LogP contribution is 2.37. The van der Waals surface area contributed by atoms with E-state index < -0.39 is 0 Å². The molecule has 2 aliphatic rings. The van der Waals surface area contributed by atoms with Crippen molar-refractivity contribution < 1.29 is 9.47 Å². The molecule has 0 unspecified atom stereocenters. The summed E-state index contributed by atoms with van der Waals surface area (Å²) in [6, 6.07) is 9.87. The Labute approximate surface area is 92.5 Å². The van der Waals surface area contributed by atoms with Crippen LogP contribution in [0.25, 0.3) is 11.1 Å². The van der Waals surface area contributed by atoms with Gasteiger partial charge in [0, 0.05) is 5.56 Å². The Hall–Kier alpha value is -2.47. The van der Waals surface area contributed by atoms with Gasteiger partial charge in [0.1, 0.15) is 12.5 Å². The molecule has 1 aliphatic carbocycles. The zero-order valence-corrected chi connectivity index (χ0v) is 8.31. The van der Waals surface area contributed by atoms with Gasteiger partial charge in [-0.2, -0.15) is 5.26 Å². The van der Waals surface area contributed by atoms with E-state index in [1.807, 2.05) is 24.3 Å². The number of nitrogens with zero attached hydrogens (tertiary/aromatic N) is 1. The molecule has 0 amide bonds. The second-order valence-corrected chi connectivity index (χ2v) is 3.42. The normalized spacial score (nSPS) is 16.3. The van der Waals surface area contributed by atoms with E-state index in [1.165, 1.54) is 12.5 Å². The molecule has 1 aliphatic heterocycles. The Balaban J connectivity index is 2.21. The standard InChI is InChI=1S/C13H7NO2/c14-8-9-7-12(13-15-5-6-16-13)11-4-2-1-3-10(9)11/h1-7H. The van der Waals surface area contributed by atoms with Gasteiger partial charge in [0.2, 0.25) is 0 Å².